The van der Waals surface area contributed by atoms with Gasteiger partial charge in [0.05, 0.1) is 38.1 Å². The van der Waals surface area contributed by atoms with E-state index in [0.29, 0.717) is 18.5 Å². The first-order chi connectivity index (χ1) is 14.7. The molecule has 0 radical (unpaired) electrons. The Morgan fingerprint density at radius 1 is 1.55 bits per heavy atom. The highest BCUT2D eigenvalue weighted by atomic mass is 32.5. The van der Waals surface area contributed by atoms with Crippen molar-refractivity contribution in [1.29, 1.82) is 5.26 Å². The van der Waals surface area contributed by atoms with Crippen LogP contribution >= 0.6 is 6.64 Å². The number of nitrogens with one attached hydrogen (secondary N) is 2. The highest BCUT2D eigenvalue weighted by Crippen LogP contribution is 2.41. The first-order valence-corrected chi connectivity index (χ1v) is 12.4. The number of carbonyl (C=O) groups excluding carboxylic acids is 1. The van der Waals surface area contributed by atoms with Gasteiger partial charge in [-0.15, -0.1) is 0 Å². The largest absolute Gasteiger partial charge is 0.352 e. The molecule has 12 nitrogen and oxygen atoms in total. The van der Waals surface area contributed by atoms with Crippen molar-refractivity contribution < 1.29 is 18.6 Å². The van der Waals surface area contributed by atoms with Crippen LogP contribution in [0.5, 0.6) is 0 Å². The Labute approximate surface area is 183 Å². The molecular weight excluding hydrogens is 445 g/mol. The molecule has 0 bridgehead atoms. The summed E-state index contributed by atoms with van der Waals surface area (Å²) in [6.45, 7) is 0.796. The summed E-state index contributed by atoms with van der Waals surface area (Å²) in [6, 6.07) is 1.95. The molecule has 0 aromatic carbocycles. The van der Waals surface area contributed by atoms with Crippen molar-refractivity contribution in [2.75, 3.05) is 18.5 Å². The van der Waals surface area contributed by atoms with Gasteiger partial charge in [-0.25, -0.2) is 4.98 Å². The van der Waals surface area contributed by atoms with E-state index in [0.717, 1.165) is 0 Å². The maximum absolute atomic E-state index is 12.3. The van der Waals surface area contributed by atoms with Crippen LogP contribution < -0.4 is 16.4 Å². The molecule has 1 aliphatic rings. The van der Waals surface area contributed by atoms with Crippen molar-refractivity contribution in [3.8, 4) is 6.07 Å². The lowest BCUT2D eigenvalue weighted by molar-refractivity contribution is -0.118. The Kier molecular flexibility index (Phi) is 7.53. The second-order valence-corrected chi connectivity index (χ2v) is 10.4. The number of nitrogens with zero attached hydrogens (tertiary/aromatic N) is 4. The first kappa shape index (κ1) is 23.5. The number of fused-ring (bicyclic) bond motifs is 1. The third-order valence-corrected chi connectivity index (χ3v) is 6.20. The van der Waals surface area contributed by atoms with E-state index in [2.05, 4.69) is 20.3 Å². The fourth-order valence-corrected chi connectivity index (χ4v) is 4.11. The van der Waals surface area contributed by atoms with Crippen LogP contribution in [0.15, 0.2) is 11.1 Å². The lowest BCUT2D eigenvalue weighted by Crippen LogP contribution is -2.22. The molecule has 14 heteroatoms. The monoisotopic (exact) mass is 469 g/mol. The van der Waals surface area contributed by atoms with E-state index in [-0.39, 0.29) is 49.0 Å². The van der Waals surface area contributed by atoms with Gasteiger partial charge in [0.2, 0.25) is 11.9 Å². The lowest BCUT2D eigenvalue weighted by Gasteiger charge is -2.20. The third-order valence-electron chi connectivity index (χ3n) is 4.52. The van der Waals surface area contributed by atoms with Gasteiger partial charge < -0.3 is 13.8 Å². The van der Waals surface area contributed by atoms with Crippen molar-refractivity contribution in [1.82, 2.24) is 19.5 Å². The van der Waals surface area contributed by atoms with Crippen LogP contribution in [0.25, 0.3) is 11.2 Å². The second kappa shape index (κ2) is 9.95. The van der Waals surface area contributed by atoms with Gasteiger partial charge in [0, 0.05) is 5.92 Å². The summed E-state index contributed by atoms with van der Waals surface area (Å²) in [5.74, 6) is -0.484. The van der Waals surface area contributed by atoms with Crippen LogP contribution in [0.1, 0.15) is 39.3 Å². The van der Waals surface area contributed by atoms with E-state index in [4.69, 9.17) is 36.4 Å². The van der Waals surface area contributed by atoms with Crippen molar-refractivity contribution in [2.45, 2.75) is 45.4 Å². The maximum Gasteiger partial charge on any atom is 0.280 e. The van der Waals surface area contributed by atoms with Gasteiger partial charge in [-0.3, -0.25) is 30.0 Å². The third kappa shape index (κ3) is 5.94. The predicted molar refractivity (Wildman–Crippen MR) is 115 cm³/mol. The Morgan fingerprint density at radius 3 is 3.03 bits per heavy atom. The number of hydrogen-bond donors (Lipinski definition) is 3. The van der Waals surface area contributed by atoms with E-state index in [1.54, 1.807) is 18.4 Å². The van der Waals surface area contributed by atoms with E-state index in [1.807, 2.05) is 6.07 Å². The molecule has 3 atom stereocenters. The molecule has 0 aliphatic carbocycles. The molecule has 2 aromatic rings. The normalized spacial score (nSPS) is 20.6. The highest BCUT2D eigenvalue weighted by Gasteiger charge is 2.30. The second-order valence-electron chi connectivity index (χ2n) is 7.25. The molecule has 168 valence electrons. The number of nitriles is 1. The quantitative estimate of drug-likeness (QED) is 0.361. The summed E-state index contributed by atoms with van der Waals surface area (Å²) in [4.78, 5) is 35.2. The molecule has 1 amide bonds. The van der Waals surface area contributed by atoms with Gasteiger partial charge in [-0.2, -0.15) is 10.2 Å². The Bertz CT molecular complexity index is 1090. The van der Waals surface area contributed by atoms with Crippen LogP contribution in [-0.2, 0) is 30.4 Å². The fraction of sp³-hybridized carbons (Fsp3) is 0.588. The lowest BCUT2D eigenvalue weighted by atomic mass is 10.2. The molecule has 1 unspecified atom stereocenters. The number of amides is 1. The average molecular weight is 469 g/mol. The van der Waals surface area contributed by atoms with Crippen molar-refractivity contribution in [3.05, 3.63) is 16.7 Å². The number of nitrogens with two attached hydrogens (primary N) is 1. The number of H-pyrrole nitrogens is 1. The number of aromatic nitrogens is 4. The average Bonchev–Trinajstić information content (AvgIpc) is 3.33. The molecular formula is C17H24N7O5PS. The van der Waals surface area contributed by atoms with Crippen LogP contribution in [-0.4, -0.2) is 44.7 Å². The Balaban J connectivity index is 1.68. The molecule has 3 heterocycles. The van der Waals surface area contributed by atoms with Gasteiger partial charge >= 0.3 is 0 Å². The summed E-state index contributed by atoms with van der Waals surface area (Å²) < 4.78 is 18.4. The minimum Gasteiger partial charge on any atom is -0.352 e. The smallest absolute Gasteiger partial charge is 0.280 e. The maximum atomic E-state index is 12.3. The number of imidazole rings is 1. The number of aromatic amines is 1. The van der Waals surface area contributed by atoms with E-state index >= 15 is 0 Å². The molecule has 31 heavy (non-hydrogen) atoms. The number of rotatable bonds is 9. The standard InChI is InChI=1S/C17H24N7O5PS/c1-10(2)15(25)22-17-21-14-13(16(26)23-17)20-9-24(14)12-5-4-11(29-12)8-28-30(19,31)27-7-3-6-18/h9-12H,3-5,7-8H2,1-2H3,(H2,19,31)(H2,21,22,23,25,26)/t11-,12+,30?/m0/s1. The van der Waals surface area contributed by atoms with Gasteiger partial charge in [0.1, 0.15) is 6.23 Å². The van der Waals surface area contributed by atoms with Crippen LogP contribution in [0.2, 0.25) is 0 Å². The molecule has 0 saturated carbocycles. The zero-order valence-electron chi connectivity index (χ0n) is 17.1. The van der Waals surface area contributed by atoms with E-state index in [1.165, 1.54) is 6.33 Å². The predicted octanol–water partition coefficient (Wildman–Crippen LogP) is 1.52. The van der Waals surface area contributed by atoms with Crippen LogP contribution in [0.4, 0.5) is 5.95 Å². The Morgan fingerprint density at radius 2 is 2.32 bits per heavy atom. The zero-order valence-corrected chi connectivity index (χ0v) is 18.8. The number of hydrogen-bond acceptors (Lipinski definition) is 9. The molecule has 1 saturated heterocycles. The minimum atomic E-state index is -2.94. The number of ether oxygens (including phenoxy) is 1. The van der Waals surface area contributed by atoms with Gasteiger partial charge in [0.25, 0.3) is 12.2 Å². The van der Waals surface area contributed by atoms with Crippen molar-refractivity contribution in [2.24, 2.45) is 11.4 Å². The molecule has 4 N–H and O–H groups in total. The molecule has 3 rings (SSSR count). The van der Waals surface area contributed by atoms with Gasteiger partial charge in [0.15, 0.2) is 11.2 Å². The van der Waals surface area contributed by atoms with Crippen LogP contribution in [0.3, 0.4) is 0 Å². The van der Waals surface area contributed by atoms with Gasteiger partial charge in [-0.05, 0) is 24.6 Å². The molecule has 1 fully saturated rings. The van der Waals surface area contributed by atoms with Crippen molar-refractivity contribution >= 4 is 41.5 Å². The summed E-state index contributed by atoms with van der Waals surface area (Å²) in [5.41, 5.74) is 5.84. The highest BCUT2D eigenvalue weighted by molar-refractivity contribution is 8.08. The SMILES string of the molecule is CC(C)C(=O)Nc1nc2c(ncn2[C@H]2CC[C@@H](COP(N)(=S)OCCC#N)O2)c(=O)[nH]1. The number of carbonyl (C=O) groups is 1. The summed E-state index contributed by atoms with van der Waals surface area (Å²) in [5, 5.41) is 11.1. The topological polar surface area (TPSA) is 170 Å². The fourth-order valence-electron chi connectivity index (χ4n) is 2.91. The van der Waals surface area contributed by atoms with E-state index < -0.39 is 18.4 Å². The summed E-state index contributed by atoms with van der Waals surface area (Å²) >= 11 is 5.13. The Hall–Kier alpha value is -2.20. The molecule has 0 spiro atoms. The van der Waals surface area contributed by atoms with Crippen molar-refractivity contribution in [3.63, 3.8) is 0 Å². The summed E-state index contributed by atoms with van der Waals surface area (Å²) in [6.07, 6.45) is 2.25. The number of anilines is 1. The molecule has 1 aliphatic heterocycles. The van der Waals surface area contributed by atoms with E-state index in [9.17, 15) is 9.59 Å². The zero-order chi connectivity index (χ0) is 22.6. The first-order valence-electron chi connectivity index (χ1n) is 9.68. The molecule has 2 aromatic heterocycles. The van der Waals surface area contributed by atoms with Crippen LogP contribution in [0, 0.1) is 17.2 Å². The minimum absolute atomic E-state index is 0.0502. The van der Waals surface area contributed by atoms with Gasteiger partial charge in [-0.1, -0.05) is 13.8 Å². The summed E-state index contributed by atoms with van der Waals surface area (Å²) in [7, 11) is 0.